The van der Waals surface area contributed by atoms with E-state index in [0.717, 1.165) is 19.3 Å². The average Bonchev–Trinajstić information content (AvgIpc) is 2.68. The van der Waals surface area contributed by atoms with E-state index >= 15 is 0 Å². The van der Waals surface area contributed by atoms with Gasteiger partial charge in [-0.25, -0.2) is 0 Å². The van der Waals surface area contributed by atoms with Crippen LogP contribution >= 0.6 is 23.2 Å². The molecule has 0 fully saturated rings. The Balaban J connectivity index is 2.03. The van der Waals surface area contributed by atoms with Gasteiger partial charge in [-0.15, -0.1) is 0 Å². The predicted octanol–water partition coefficient (Wildman–Crippen LogP) is 5.56. The molecule has 3 rings (SSSR count). The maximum atomic E-state index is 6.26. The van der Waals surface area contributed by atoms with E-state index in [2.05, 4.69) is 35.3 Å². The molecule has 0 spiro atoms. The standard InChI is InChI=1S/C18H17Cl2N/c1-21-18-10-9-13(14-6-2-3-7-15(14)18)12-5-4-8-16(19)17(20)11-12/h2-3,5-8,11,13H,4,9-10H2,1H3. The van der Waals surface area contributed by atoms with Crippen molar-refractivity contribution in [3.8, 4) is 0 Å². The number of hydrogen-bond donors (Lipinski definition) is 0. The van der Waals surface area contributed by atoms with Crippen molar-refractivity contribution in [2.75, 3.05) is 7.05 Å². The first kappa shape index (κ1) is 14.6. The summed E-state index contributed by atoms with van der Waals surface area (Å²) in [5, 5.41) is 1.27. The monoisotopic (exact) mass is 317 g/mol. The highest BCUT2D eigenvalue weighted by Crippen LogP contribution is 2.39. The van der Waals surface area contributed by atoms with Crippen LogP contribution in [0.2, 0.25) is 0 Å². The number of allylic oxidation sites excluding steroid dienone is 6. The molecule has 1 aromatic rings. The van der Waals surface area contributed by atoms with Crippen LogP contribution in [-0.2, 0) is 0 Å². The zero-order valence-electron chi connectivity index (χ0n) is 11.9. The summed E-state index contributed by atoms with van der Waals surface area (Å²) in [7, 11) is 1.87. The quantitative estimate of drug-likeness (QED) is 0.643. The fourth-order valence-corrected chi connectivity index (χ4v) is 3.47. The molecule has 1 unspecified atom stereocenters. The summed E-state index contributed by atoms with van der Waals surface area (Å²) in [6, 6.07) is 8.54. The predicted molar refractivity (Wildman–Crippen MR) is 91.5 cm³/mol. The zero-order chi connectivity index (χ0) is 14.8. The van der Waals surface area contributed by atoms with E-state index in [1.165, 1.54) is 22.4 Å². The third-order valence-corrected chi connectivity index (χ3v) is 4.93. The number of halogens is 2. The van der Waals surface area contributed by atoms with Gasteiger partial charge < -0.3 is 0 Å². The van der Waals surface area contributed by atoms with Crippen molar-refractivity contribution in [3.63, 3.8) is 0 Å². The Kier molecular flexibility index (Phi) is 4.32. The minimum Gasteiger partial charge on any atom is -0.292 e. The third kappa shape index (κ3) is 2.86. The number of hydrogen-bond acceptors (Lipinski definition) is 1. The molecule has 2 aliphatic carbocycles. The topological polar surface area (TPSA) is 12.4 Å². The molecule has 0 heterocycles. The van der Waals surface area contributed by atoms with Crippen molar-refractivity contribution < 1.29 is 0 Å². The zero-order valence-corrected chi connectivity index (χ0v) is 13.5. The summed E-state index contributed by atoms with van der Waals surface area (Å²) in [6.45, 7) is 0. The van der Waals surface area contributed by atoms with E-state index in [0.29, 0.717) is 16.0 Å². The van der Waals surface area contributed by atoms with Gasteiger partial charge in [-0.1, -0.05) is 59.6 Å². The van der Waals surface area contributed by atoms with E-state index in [1.54, 1.807) is 0 Å². The van der Waals surface area contributed by atoms with Crippen LogP contribution in [0.3, 0.4) is 0 Å². The Hall–Kier alpha value is -1.31. The summed E-state index contributed by atoms with van der Waals surface area (Å²) < 4.78 is 0. The highest BCUT2D eigenvalue weighted by molar-refractivity contribution is 6.44. The highest BCUT2D eigenvalue weighted by Gasteiger charge is 2.26. The lowest BCUT2D eigenvalue weighted by molar-refractivity contribution is 0.719. The molecule has 1 atom stereocenters. The molecule has 2 aliphatic rings. The lowest BCUT2D eigenvalue weighted by Crippen LogP contribution is -2.17. The molecule has 0 radical (unpaired) electrons. The minimum absolute atomic E-state index is 0.372. The molecule has 108 valence electrons. The van der Waals surface area contributed by atoms with Gasteiger partial charge in [-0.2, -0.15) is 0 Å². The maximum Gasteiger partial charge on any atom is 0.0592 e. The second-order valence-corrected chi connectivity index (χ2v) is 6.15. The van der Waals surface area contributed by atoms with Crippen molar-refractivity contribution in [1.82, 2.24) is 0 Å². The van der Waals surface area contributed by atoms with Crippen LogP contribution in [0.15, 0.2) is 63.1 Å². The van der Waals surface area contributed by atoms with Crippen LogP contribution in [0.25, 0.3) is 0 Å². The molecular weight excluding hydrogens is 301 g/mol. The number of nitrogens with zero attached hydrogens (tertiary/aromatic N) is 1. The van der Waals surface area contributed by atoms with E-state index in [-0.39, 0.29) is 0 Å². The molecule has 1 aromatic carbocycles. The van der Waals surface area contributed by atoms with Gasteiger partial charge in [-0.3, -0.25) is 4.99 Å². The number of aliphatic imine (C=N–C) groups is 1. The van der Waals surface area contributed by atoms with Crippen LogP contribution < -0.4 is 0 Å². The summed E-state index contributed by atoms with van der Waals surface area (Å²) in [6.07, 6.45) is 9.10. The molecule has 0 aliphatic heterocycles. The molecule has 0 saturated heterocycles. The van der Waals surface area contributed by atoms with Crippen molar-refractivity contribution >= 4 is 28.9 Å². The normalized spacial score (nSPS) is 23.9. The Bertz CT molecular complexity index is 680. The average molecular weight is 318 g/mol. The summed E-state index contributed by atoms with van der Waals surface area (Å²) >= 11 is 12.4. The molecule has 0 amide bonds. The van der Waals surface area contributed by atoms with Gasteiger partial charge in [0.2, 0.25) is 0 Å². The fraction of sp³-hybridized carbons (Fsp3) is 0.278. The molecule has 21 heavy (non-hydrogen) atoms. The molecule has 1 nitrogen and oxygen atoms in total. The van der Waals surface area contributed by atoms with Gasteiger partial charge in [0.1, 0.15) is 0 Å². The van der Waals surface area contributed by atoms with Gasteiger partial charge in [0, 0.05) is 18.7 Å². The lowest BCUT2D eigenvalue weighted by atomic mass is 9.77. The van der Waals surface area contributed by atoms with Gasteiger partial charge in [-0.05, 0) is 42.0 Å². The third-order valence-electron chi connectivity index (χ3n) is 4.16. The minimum atomic E-state index is 0.372. The SMILES string of the molecule is CN=C1CCC(C2=CCC=C(Cl)C(Cl)=C2)c2ccccc21. The molecular formula is C18H17Cl2N. The Morgan fingerprint density at radius 1 is 1.10 bits per heavy atom. The van der Waals surface area contributed by atoms with Gasteiger partial charge in [0.15, 0.2) is 0 Å². The second kappa shape index (κ2) is 6.21. The van der Waals surface area contributed by atoms with Gasteiger partial charge in [0.25, 0.3) is 0 Å². The van der Waals surface area contributed by atoms with Crippen molar-refractivity contribution in [2.24, 2.45) is 4.99 Å². The largest absolute Gasteiger partial charge is 0.292 e. The Morgan fingerprint density at radius 3 is 2.71 bits per heavy atom. The van der Waals surface area contributed by atoms with Crippen LogP contribution in [0.4, 0.5) is 0 Å². The van der Waals surface area contributed by atoms with Crippen LogP contribution in [0.5, 0.6) is 0 Å². The fourth-order valence-electron chi connectivity index (χ4n) is 3.13. The Morgan fingerprint density at radius 2 is 1.90 bits per heavy atom. The summed E-state index contributed by atoms with van der Waals surface area (Å²) in [5.74, 6) is 0.372. The van der Waals surface area contributed by atoms with E-state index < -0.39 is 0 Å². The summed E-state index contributed by atoms with van der Waals surface area (Å²) in [5.41, 5.74) is 5.07. The lowest BCUT2D eigenvalue weighted by Gasteiger charge is -2.27. The Labute approximate surface area is 135 Å². The maximum absolute atomic E-state index is 6.26. The number of fused-ring (bicyclic) bond motifs is 1. The van der Waals surface area contributed by atoms with E-state index in [9.17, 15) is 0 Å². The molecule has 0 aromatic heterocycles. The molecule has 0 bridgehead atoms. The van der Waals surface area contributed by atoms with E-state index in [4.69, 9.17) is 23.2 Å². The molecule has 0 saturated carbocycles. The second-order valence-electron chi connectivity index (χ2n) is 5.33. The van der Waals surface area contributed by atoms with Crippen molar-refractivity contribution in [2.45, 2.75) is 25.2 Å². The highest BCUT2D eigenvalue weighted by atomic mass is 35.5. The van der Waals surface area contributed by atoms with Crippen LogP contribution in [0, 0.1) is 0 Å². The van der Waals surface area contributed by atoms with Crippen molar-refractivity contribution in [1.29, 1.82) is 0 Å². The van der Waals surface area contributed by atoms with Crippen LogP contribution in [-0.4, -0.2) is 12.8 Å². The first-order valence-corrected chi connectivity index (χ1v) is 7.94. The first-order valence-electron chi connectivity index (χ1n) is 7.19. The van der Waals surface area contributed by atoms with Gasteiger partial charge in [0.05, 0.1) is 10.1 Å². The molecule has 3 heteroatoms. The smallest absolute Gasteiger partial charge is 0.0592 e. The van der Waals surface area contributed by atoms with E-state index in [1.807, 2.05) is 19.2 Å². The number of rotatable bonds is 1. The first-order chi connectivity index (χ1) is 10.2. The molecule has 0 N–H and O–H groups in total. The van der Waals surface area contributed by atoms with Gasteiger partial charge >= 0.3 is 0 Å². The summed E-state index contributed by atoms with van der Waals surface area (Å²) in [4.78, 5) is 4.44. The van der Waals surface area contributed by atoms with Crippen LogP contribution in [0.1, 0.15) is 36.3 Å². The number of benzene rings is 1. The van der Waals surface area contributed by atoms with Crippen molar-refractivity contribution in [3.05, 3.63) is 69.3 Å².